The minimum absolute atomic E-state index is 0. The van der Waals surface area contributed by atoms with E-state index < -0.39 is 0 Å². The summed E-state index contributed by atoms with van der Waals surface area (Å²) in [5, 5.41) is 16.0. The molecule has 1 N–H and O–H groups in total. The smallest absolute Gasteiger partial charge is 0.280 e. The van der Waals surface area contributed by atoms with Gasteiger partial charge in [0.15, 0.2) is 17.3 Å². The van der Waals surface area contributed by atoms with E-state index in [1.165, 1.54) is 4.68 Å². The summed E-state index contributed by atoms with van der Waals surface area (Å²) in [6, 6.07) is 18.2. The molecule has 0 bridgehead atoms. The average Bonchev–Trinajstić information content (AvgIpc) is 3.00. The Labute approximate surface area is 236 Å². The Morgan fingerprint density at radius 1 is 0.950 bits per heavy atom. The topological polar surface area (TPSA) is 112 Å². The number of benzene rings is 2. The third-order valence-electron chi connectivity index (χ3n) is 6.82. The first-order chi connectivity index (χ1) is 19.1. The number of fused-ring (bicyclic) bond motifs is 2. The fourth-order valence-electron chi connectivity index (χ4n) is 4.94. The second-order valence-corrected chi connectivity index (χ2v) is 9.14. The number of aromatic nitrogens is 4. The van der Waals surface area contributed by atoms with E-state index in [9.17, 15) is 9.90 Å². The van der Waals surface area contributed by atoms with E-state index >= 15 is 0 Å². The molecule has 1 atom stereocenters. The zero-order valence-electron chi connectivity index (χ0n) is 21.8. The number of hydrogen-bond donors (Lipinski definition) is 1. The lowest BCUT2D eigenvalue weighted by Gasteiger charge is -2.24. The van der Waals surface area contributed by atoms with Crippen LogP contribution in [0.1, 0.15) is 16.7 Å². The van der Waals surface area contributed by atoms with Gasteiger partial charge in [-0.2, -0.15) is 9.78 Å². The second-order valence-electron chi connectivity index (χ2n) is 9.14. The van der Waals surface area contributed by atoms with Crippen molar-refractivity contribution >= 4 is 28.9 Å². The number of nitrogens with zero attached hydrogens (tertiary/aromatic N) is 5. The first-order valence-corrected chi connectivity index (χ1v) is 12.4. The quantitative estimate of drug-likeness (QED) is 0.336. The standard InChI is InChI=1S/C30H25N5O4.ClH/c1-38-25-13-20-12-21(17-36)33-28(24(20)15-26(25)39-2)18-9-11-32-27(14-18)35-30(37)23-8-4-3-7-22(23)29(34-35)19-6-5-10-31-16-19;/h3-11,13-16,21,36H,12,17H2,1-2H3;1H. The summed E-state index contributed by atoms with van der Waals surface area (Å²) in [6.07, 6.45) is 5.61. The molecule has 10 heteroatoms. The number of methoxy groups -OCH3 is 2. The first kappa shape index (κ1) is 27.0. The molecule has 5 aromatic rings. The summed E-state index contributed by atoms with van der Waals surface area (Å²) in [6.45, 7) is -0.102. The van der Waals surface area contributed by atoms with Crippen molar-refractivity contribution in [3.63, 3.8) is 0 Å². The zero-order valence-corrected chi connectivity index (χ0v) is 22.6. The van der Waals surface area contributed by atoms with Crippen molar-refractivity contribution in [3.05, 3.63) is 106 Å². The van der Waals surface area contributed by atoms with Gasteiger partial charge in [0.25, 0.3) is 5.56 Å². The highest BCUT2D eigenvalue weighted by molar-refractivity contribution is 6.15. The minimum Gasteiger partial charge on any atom is -0.493 e. The van der Waals surface area contributed by atoms with Gasteiger partial charge >= 0.3 is 0 Å². The molecule has 0 radical (unpaired) electrons. The lowest BCUT2D eigenvalue weighted by molar-refractivity contribution is 0.265. The number of hydrogen-bond acceptors (Lipinski definition) is 8. The number of pyridine rings is 2. The first-order valence-electron chi connectivity index (χ1n) is 12.4. The molecule has 2 aromatic carbocycles. The Balaban J connectivity index is 0.00000323. The summed E-state index contributed by atoms with van der Waals surface area (Å²) < 4.78 is 12.4. The van der Waals surface area contributed by atoms with E-state index in [0.29, 0.717) is 40.5 Å². The predicted molar refractivity (Wildman–Crippen MR) is 155 cm³/mol. The maximum atomic E-state index is 13.6. The van der Waals surface area contributed by atoms with Gasteiger partial charge in [0.1, 0.15) is 5.69 Å². The van der Waals surface area contributed by atoms with Crippen LogP contribution in [0.4, 0.5) is 0 Å². The van der Waals surface area contributed by atoms with Gasteiger partial charge in [-0.1, -0.05) is 18.2 Å². The molecule has 40 heavy (non-hydrogen) atoms. The van der Waals surface area contributed by atoms with Gasteiger partial charge in [-0.25, -0.2) is 4.98 Å². The normalized spacial score (nSPS) is 14.2. The lowest BCUT2D eigenvalue weighted by atomic mass is 9.90. The number of aliphatic imine (C=N–C) groups is 1. The van der Waals surface area contributed by atoms with Crippen LogP contribution in [0.25, 0.3) is 27.8 Å². The van der Waals surface area contributed by atoms with E-state index in [1.54, 1.807) is 44.9 Å². The average molecular weight is 556 g/mol. The monoisotopic (exact) mass is 555 g/mol. The van der Waals surface area contributed by atoms with Crippen molar-refractivity contribution in [2.45, 2.75) is 12.5 Å². The Kier molecular flexibility index (Phi) is 7.59. The molecular formula is C30H26ClN5O4. The molecule has 202 valence electrons. The highest BCUT2D eigenvalue weighted by atomic mass is 35.5. The van der Waals surface area contributed by atoms with Crippen molar-refractivity contribution in [1.29, 1.82) is 0 Å². The molecule has 0 spiro atoms. The SMILES string of the molecule is COc1cc2c(cc1OC)C(c1ccnc(-n3nc(-c4cccnc4)c4ccccc4c3=O)c1)=NC(CO)C2.Cl. The summed E-state index contributed by atoms with van der Waals surface area (Å²) in [5.41, 5.74) is 4.38. The molecule has 0 saturated carbocycles. The highest BCUT2D eigenvalue weighted by Gasteiger charge is 2.25. The van der Waals surface area contributed by atoms with Crippen LogP contribution in [0.15, 0.2) is 89.0 Å². The summed E-state index contributed by atoms with van der Waals surface area (Å²) in [4.78, 5) is 27.2. The second kappa shape index (κ2) is 11.3. The molecule has 1 unspecified atom stereocenters. The maximum Gasteiger partial charge on any atom is 0.280 e. The lowest BCUT2D eigenvalue weighted by Crippen LogP contribution is -2.26. The third kappa shape index (κ3) is 4.70. The number of ether oxygens (including phenoxy) is 2. The fourth-order valence-corrected chi connectivity index (χ4v) is 4.94. The molecule has 1 aliphatic heterocycles. The predicted octanol–water partition coefficient (Wildman–Crippen LogP) is 4.04. The van der Waals surface area contributed by atoms with Crippen molar-refractivity contribution in [3.8, 4) is 28.6 Å². The molecule has 4 heterocycles. The Morgan fingerprint density at radius 2 is 1.73 bits per heavy atom. The van der Waals surface area contributed by atoms with Crippen LogP contribution in [-0.2, 0) is 6.42 Å². The van der Waals surface area contributed by atoms with Crippen LogP contribution < -0.4 is 15.0 Å². The summed E-state index contributed by atoms with van der Waals surface area (Å²) in [7, 11) is 3.18. The van der Waals surface area contributed by atoms with E-state index in [1.807, 2.05) is 48.5 Å². The van der Waals surface area contributed by atoms with Gasteiger partial charge in [0.2, 0.25) is 0 Å². The zero-order chi connectivity index (χ0) is 26.9. The largest absolute Gasteiger partial charge is 0.493 e. The molecule has 0 amide bonds. The molecule has 1 aliphatic rings. The van der Waals surface area contributed by atoms with Crippen LogP contribution in [0.2, 0.25) is 0 Å². The molecule has 0 saturated heterocycles. The summed E-state index contributed by atoms with van der Waals surface area (Å²) in [5.74, 6) is 1.54. The molecule has 0 aliphatic carbocycles. The van der Waals surface area contributed by atoms with Crippen LogP contribution >= 0.6 is 12.4 Å². The van der Waals surface area contributed by atoms with Crippen LogP contribution in [0.5, 0.6) is 11.5 Å². The summed E-state index contributed by atoms with van der Waals surface area (Å²) >= 11 is 0. The molecule has 9 nitrogen and oxygen atoms in total. The minimum atomic E-state index is -0.319. The number of aliphatic hydroxyl groups is 1. The van der Waals surface area contributed by atoms with Gasteiger partial charge in [-0.15, -0.1) is 12.4 Å². The third-order valence-corrected chi connectivity index (χ3v) is 6.82. The highest BCUT2D eigenvalue weighted by Crippen LogP contribution is 2.35. The number of rotatable bonds is 6. The van der Waals surface area contributed by atoms with Crippen molar-refractivity contribution < 1.29 is 14.6 Å². The molecular weight excluding hydrogens is 530 g/mol. The Bertz CT molecular complexity index is 1790. The van der Waals surface area contributed by atoms with Crippen molar-refractivity contribution in [2.24, 2.45) is 4.99 Å². The van der Waals surface area contributed by atoms with Crippen LogP contribution in [-0.4, -0.2) is 57.4 Å². The van der Waals surface area contributed by atoms with E-state index in [-0.39, 0.29) is 30.6 Å². The molecule has 6 rings (SSSR count). The van der Waals surface area contributed by atoms with E-state index in [4.69, 9.17) is 19.6 Å². The van der Waals surface area contributed by atoms with Crippen LogP contribution in [0, 0.1) is 0 Å². The van der Waals surface area contributed by atoms with E-state index in [2.05, 4.69) is 9.97 Å². The van der Waals surface area contributed by atoms with Gasteiger partial charge in [-0.05, 0) is 54.4 Å². The maximum absolute atomic E-state index is 13.6. The number of halogens is 1. The molecule has 3 aromatic heterocycles. The van der Waals surface area contributed by atoms with Gasteiger partial charge in [-0.3, -0.25) is 14.8 Å². The van der Waals surface area contributed by atoms with Crippen molar-refractivity contribution in [1.82, 2.24) is 19.7 Å². The van der Waals surface area contributed by atoms with Gasteiger partial charge in [0.05, 0.1) is 38.0 Å². The van der Waals surface area contributed by atoms with Crippen molar-refractivity contribution in [2.75, 3.05) is 20.8 Å². The fraction of sp³-hybridized carbons (Fsp3) is 0.167. The Hall–Kier alpha value is -4.60. The number of aliphatic hydroxyl groups excluding tert-OH is 1. The van der Waals surface area contributed by atoms with E-state index in [0.717, 1.165) is 27.6 Å². The van der Waals surface area contributed by atoms with Gasteiger partial charge in [0, 0.05) is 40.7 Å². The van der Waals surface area contributed by atoms with Crippen LogP contribution in [0.3, 0.4) is 0 Å². The molecule has 0 fully saturated rings. The Morgan fingerprint density at radius 3 is 2.45 bits per heavy atom. The van der Waals surface area contributed by atoms with Gasteiger partial charge < -0.3 is 14.6 Å².